The maximum atomic E-state index is 12.3. The van der Waals surface area contributed by atoms with Crippen molar-refractivity contribution in [3.63, 3.8) is 0 Å². The van der Waals surface area contributed by atoms with Crippen LogP contribution in [0.15, 0.2) is 41.2 Å². The number of anilines is 1. The second-order valence-electron chi connectivity index (χ2n) is 4.84. The standard InChI is InChI=1S/C15H15N3O2S/c19-14-8-13(16-7-6-11-9-21-10-17-11)15(20)18(14)12-4-2-1-3-5-12/h1-5,9-10,13,16H,6-8H2. The Hall–Kier alpha value is -2.05. The van der Waals surface area contributed by atoms with Crippen LogP contribution < -0.4 is 10.2 Å². The van der Waals surface area contributed by atoms with E-state index in [9.17, 15) is 9.59 Å². The number of carbonyl (C=O) groups excluding carboxylic acids is 2. The molecule has 1 saturated heterocycles. The van der Waals surface area contributed by atoms with E-state index < -0.39 is 6.04 Å². The van der Waals surface area contributed by atoms with E-state index in [0.717, 1.165) is 12.1 Å². The van der Waals surface area contributed by atoms with Crippen molar-refractivity contribution in [2.24, 2.45) is 0 Å². The van der Waals surface area contributed by atoms with E-state index in [1.54, 1.807) is 29.0 Å². The highest BCUT2D eigenvalue weighted by molar-refractivity contribution is 7.07. The molecule has 1 aromatic carbocycles. The molecule has 2 heterocycles. The van der Waals surface area contributed by atoms with Gasteiger partial charge < -0.3 is 5.32 Å². The lowest BCUT2D eigenvalue weighted by Crippen LogP contribution is -2.39. The lowest BCUT2D eigenvalue weighted by molar-refractivity contribution is -0.121. The predicted octanol–water partition coefficient (Wildman–Crippen LogP) is 1.61. The fourth-order valence-electron chi connectivity index (χ4n) is 2.38. The number of hydrogen-bond donors (Lipinski definition) is 1. The highest BCUT2D eigenvalue weighted by Crippen LogP contribution is 2.22. The van der Waals surface area contributed by atoms with Crippen LogP contribution in [0, 0.1) is 0 Å². The van der Waals surface area contributed by atoms with Crippen LogP contribution in [0.1, 0.15) is 12.1 Å². The molecule has 2 amide bonds. The molecule has 0 radical (unpaired) electrons. The Morgan fingerprint density at radius 3 is 2.81 bits per heavy atom. The molecular formula is C15H15N3O2S. The highest BCUT2D eigenvalue weighted by atomic mass is 32.1. The third-order valence-corrected chi connectivity index (χ3v) is 4.05. The molecule has 1 N–H and O–H groups in total. The van der Waals surface area contributed by atoms with E-state index in [1.807, 2.05) is 23.6 Å². The van der Waals surface area contributed by atoms with Crippen molar-refractivity contribution < 1.29 is 9.59 Å². The first kappa shape index (κ1) is 13.9. The zero-order valence-electron chi connectivity index (χ0n) is 11.4. The number of benzene rings is 1. The third-order valence-electron chi connectivity index (χ3n) is 3.42. The summed E-state index contributed by atoms with van der Waals surface area (Å²) in [5.74, 6) is -0.332. The molecular weight excluding hydrogens is 286 g/mol. The van der Waals surface area contributed by atoms with Crippen LogP contribution in [0.5, 0.6) is 0 Å². The van der Waals surface area contributed by atoms with Crippen LogP contribution in [0.2, 0.25) is 0 Å². The smallest absolute Gasteiger partial charge is 0.251 e. The summed E-state index contributed by atoms with van der Waals surface area (Å²) >= 11 is 1.55. The fraction of sp³-hybridized carbons (Fsp3) is 0.267. The number of para-hydroxylation sites is 1. The van der Waals surface area contributed by atoms with Gasteiger partial charge in [-0.2, -0.15) is 0 Å². The molecule has 0 saturated carbocycles. The summed E-state index contributed by atoms with van der Waals surface area (Å²) in [4.78, 5) is 29.8. The van der Waals surface area contributed by atoms with E-state index in [-0.39, 0.29) is 18.2 Å². The van der Waals surface area contributed by atoms with Crippen molar-refractivity contribution in [1.82, 2.24) is 10.3 Å². The number of thiazole rings is 1. The second kappa shape index (κ2) is 6.15. The van der Waals surface area contributed by atoms with Crippen LogP contribution in [0.25, 0.3) is 0 Å². The molecule has 3 rings (SSSR count). The molecule has 5 nitrogen and oxygen atoms in total. The summed E-state index contributed by atoms with van der Waals surface area (Å²) in [6.45, 7) is 0.635. The summed E-state index contributed by atoms with van der Waals surface area (Å²) in [5, 5.41) is 5.14. The molecule has 6 heteroatoms. The molecule has 1 unspecified atom stereocenters. The number of aromatic nitrogens is 1. The highest BCUT2D eigenvalue weighted by Gasteiger charge is 2.38. The van der Waals surface area contributed by atoms with E-state index in [2.05, 4.69) is 10.3 Å². The van der Waals surface area contributed by atoms with E-state index in [0.29, 0.717) is 12.2 Å². The van der Waals surface area contributed by atoms with E-state index in [1.165, 1.54) is 4.90 Å². The van der Waals surface area contributed by atoms with Crippen molar-refractivity contribution in [1.29, 1.82) is 0 Å². The van der Waals surface area contributed by atoms with Crippen LogP contribution in [-0.4, -0.2) is 29.4 Å². The first-order valence-electron chi connectivity index (χ1n) is 6.78. The van der Waals surface area contributed by atoms with E-state index >= 15 is 0 Å². The quantitative estimate of drug-likeness (QED) is 0.852. The fourth-order valence-corrected chi connectivity index (χ4v) is 2.97. The zero-order valence-corrected chi connectivity index (χ0v) is 12.2. The minimum Gasteiger partial charge on any atom is -0.305 e. The van der Waals surface area contributed by atoms with Gasteiger partial charge in [-0.1, -0.05) is 18.2 Å². The molecule has 21 heavy (non-hydrogen) atoms. The number of nitrogens with zero attached hydrogens (tertiary/aromatic N) is 2. The number of nitrogens with one attached hydrogen (secondary N) is 1. The van der Waals surface area contributed by atoms with Gasteiger partial charge in [0, 0.05) is 18.3 Å². The van der Waals surface area contributed by atoms with Crippen LogP contribution in [0.3, 0.4) is 0 Å². The van der Waals surface area contributed by atoms with Crippen molar-refractivity contribution in [2.75, 3.05) is 11.4 Å². The Balaban J connectivity index is 1.61. The van der Waals surface area contributed by atoms with Gasteiger partial charge in [0.1, 0.15) is 0 Å². The topological polar surface area (TPSA) is 62.3 Å². The summed E-state index contributed by atoms with van der Waals surface area (Å²) in [6, 6.07) is 8.60. The molecule has 108 valence electrons. The van der Waals surface area contributed by atoms with Crippen LogP contribution in [0.4, 0.5) is 5.69 Å². The summed E-state index contributed by atoms with van der Waals surface area (Å²) in [5.41, 5.74) is 3.43. The second-order valence-corrected chi connectivity index (χ2v) is 5.56. The van der Waals surface area contributed by atoms with Crippen molar-refractivity contribution >= 4 is 28.8 Å². The number of amides is 2. The van der Waals surface area contributed by atoms with Gasteiger partial charge in [-0.3, -0.25) is 9.59 Å². The van der Waals surface area contributed by atoms with Gasteiger partial charge in [-0.15, -0.1) is 11.3 Å². The van der Waals surface area contributed by atoms with Gasteiger partial charge in [0.05, 0.1) is 29.4 Å². The van der Waals surface area contributed by atoms with Gasteiger partial charge in [0.15, 0.2) is 0 Å². The lowest BCUT2D eigenvalue weighted by Gasteiger charge is -2.15. The van der Waals surface area contributed by atoms with Gasteiger partial charge in [0.25, 0.3) is 5.91 Å². The maximum Gasteiger partial charge on any atom is 0.251 e. The molecule has 1 aliphatic rings. The minimum atomic E-state index is -0.434. The molecule has 0 bridgehead atoms. The monoisotopic (exact) mass is 301 g/mol. The summed E-state index contributed by atoms with van der Waals surface area (Å²) in [6.07, 6.45) is 0.970. The van der Waals surface area contributed by atoms with Crippen LogP contribution >= 0.6 is 11.3 Å². The van der Waals surface area contributed by atoms with Crippen molar-refractivity contribution in [3.8, 4) is 0 Å². The van der Waals surface area contributed by atoms with Crippen molar-refractivity contribution in [3.05, 3.63) is 46.9 Å². The Labute approximate surface area is 126 Å². The molecule has 2 aromatic rings. The number of carbonyl (C=O) groups is 2. The SMILES string of the molecule is O=C1CC(NCCc2cscn2)C(=O)N1c1ccccc1. The first-order valence-corrected chi connectivity index (χ1v) is 7.72. The first-order chi connectivity index (χ1) is 10.3. The maximum absolute atomic E-state index is 12.3. The Kier molecular flexibility index (Phi) is 4.08. The zero-order chi connectivity index (χ0) is 14.7. The molecule has 0 aliphatic carbocycles. The number of rotatable bonds is 5. The van der Waals surface area contributed by atoms with Gasteiger partial charge in [0.2, 0.25) is 5.91 Å². The number of hydrogen-bond acceptors (Lipinski definition) is 5. The molecule has 1 fully saturated rings. The predicted molar refractivity (Wildman–Crippen MR) is 81.2 cm³/mol. The molecule has 0 spiro atoms. The summed E-state index contributed by atoms with van der Waals surface area (Å²) in [7, 11) is 0. The van der Waals surface area contributed by atoms with Gasteiger partial charge in [-0.05, 0) is 12.1 Å². The normalized spacial score (nSPS) is 18.5. The molecule has 1 aliphatic heterocycles. The average Bonchev–Trinajstić information content (AvgIpc) is 3.09. The lowest BCUT2D eigenvalue weighted by atomic mass is 10.2. The Morgan fingerprint density at radius 2 is 2.10 bits per heavy atom. The van der Waals surface area contributed by atoms with E-state index in [4.69, 9.17) is 0 Å². The molecule has 1 aromatic heterocycles. The average molecular weight is 301 g/mol. The minimum absolute atomic E-state index is 0.155. The Morgan fingerprint density at radius 1 is 1.29 bits per heavy atom. The van der Waals surface area contributed by atoms with Crippen molar-refractivity contribution in [2.45, 2.75) is 18.9 Å². The summed E-state index contributed by atoms with van der Waals surface area (Å²) < 4.78 is 0. The molecule has 1 atom stereocenters. The van der Waals surface area contributed by atoms with Gasteiger partial charge in [-0.25, -0.2) is 9.88 Å². The van der Waals surface area contributed by atoms with Crippen LogP contribution in [-0.2, 0) is 16.0 Å². The number of imide groups is 1. The van der Waals surface area contributed by atoms with Gasteiger partial charge >= 0.3 is 0 Å². The third kappa shape index (κ3) is 3.01. The largest absolute Gasteiger partial charge is 0.305 e. The Bertz CT molecular complexity index is 628.